The molecule has 0 unspecified atom stereocenters. The zero-order chi connectivity index (χ0) is 37.7. The quantitative estimate of drug-likeness (QED) is 0.159. The van der Waals surface area contributed by atoms with Crippen molar-refractivity contribution < 1.29 is 0 Å². The molecular weight excluding hydrogens is 697 g/mol. The lowest BCUT2D eigenvalue weighted by Crippen LogP contribution is -2.00. The summed E-state index contributed by atoms with van der Waals surface area (Å²) in [5.74, 6) is 1.81. The van der Waals surface area contributed by atoms with Gasteiger partial charge >= 0.3 is 0 Å². The molecule has 0 aliphatic carbocycles. The lowest BCUT2D eigenvalue weighted by atomic mass is 10.0. The highest BCUT2D eigenvalue weighted by molar-refractivity contribution is 6.10. The van der Waals surface area contributed by atoms with Gasteiger partial charge in [0.05, 0.1) is 27.8 Å². The van der Waals surface area contributed by atoms with Crippen molar-refractivity contribution in [3.8, 4) is 62.2 Å². The molecule has 0 N–H and O–H groups in total. The summed E-state index contributed by atoms with van der Waals surface area (Å²) < 4.78 is 2.35. The Balaban J connectivity index is 1.03. The topological polar surface area (TPSA) is 69.4 Å². The van der Waals surface area contributed by atoms with Gasteiger partial charge in [-0.15, -0.1) is 0 Å². The van der Waals surface area contributed by atoms with Crippen LogP contribution < -0.4 is 0 Å². The summed E-state index contributed by atoms with van der Waals surface area (Å²) in [6.45, 7) is 0. The van der Waals surface area contributed by atoms with Crippen LogP contribution in [0.1, 0.15) is 0 Å². The molecule has 57 heavy (non-hydrogen) atoms. The largest absolute Gasteiger partial charge is 0.309 e. The standard InChI is InChI=1S/C51H32N6/c1-3-12-35(13-4-1)49-54-50(56-51(55-49)40-17-10-15-38(31-40)44-28-26-34-24-23-33-18-11-29-52-47(33)48(34)53-44)39-16-9-14-36(30-39)37-25-27-43-42-21-7-8-22-45(42)57(46(43)32-37)41-19-5-2-6-20-41/h1-32H. The molecule has 0 bridgehead atoms. The van der Waals surface area contributed by atoms with E-state index >= 15 is 0 Å². The van der Waals surface area contributed by atoms with Gasteiger partial charge in [-0.2, -0.15) is 0 Å². The summed E-state index contributed by atoms with van der Waals surface area (Å²) in [6.07, 6.45) is 1.82. The van der Waals surface area contributed by atoms with Crippen LogP contribution in [0.3, 0.4) is 0 Å². The second-order valence-corrected chi connectivity index (χ2v) is 14.2. The van der Waals surface area contributed by atoms with Gasteiger partial charge in [-0.25, -0.2) is 19.9 Å². The fourth-order valence-electron chi connectivity index (χ4n) is 7.90. The summed E-state index contributed by atoms with van der Waals surface area (Å²) in [5, 5.41) is 4.56. The van der Waals surface area contributed by atoms with E-state index in [4.69, 9.17) is 19.9 Å². The zero-order valence-electron chi connectivity index (χ0n) is 30.7. The van der Waals surface area contributed by atoms with Crippen molar-refractivity contribution in [1.82, 2.24) is 29.5 Å². The van der Waals surface area contributed by atoms with Crippen LogP contribution in [0.4, 0.5) is 0 Å². The van der Waals surface area contributed by atoms with Crippen LogP contribution in [-0.4, -0.2) is 29.5 Å². The third-order valence-corrected chi connectivity index (χ3v) is 10.7. The molecular formula is C51H32N6. The molecule has 0 atom stereocenters. The Labute approximate surface area is 328 Å². The minimum atomic E-state index is 0.591. The van der Waals surface area contributed by atoms with Crippen molar-refractivity contribution in [3.05, 3.63) is 194 Å². The molecule has 0 aliphatic heterocycles. The van der Waals surface area contributed by atoms with Crippen LogP contribution in [0.15, 0.2) is 194 Å². The highest BCUT2D eigenvalue weighted by Gasteiger charge is 2.16. The van der Waals surface area contributed by atoms with Crippen LogP contribution in [0.2, 0.25) is 0 Å². The molecule has 0 amide bonds. The molecule has 0 saturated carbocycles. The maximum Gasteiger partial charge on any atom is 0.164 e. The number of hydrogen-bond acceptors (Lipinski definition) is 5. The first-order valence-electron chi connectivity index (χ1n) is 19.0. The van der Waals surface area contributed by atoms with Gasteiger partial charge in [0.1, 0.15) is 0 Å². The smallest absolute Gasteiger partial charge is 0.164 e. The molecule has 0 radical (unpaired) electrons. The lowest BCUT2D eigenvalue weighted by molar-refractivity contribution is 1.07. The van der Waals surface area contributed by atoms with Gasteiger partial charge < -0.3 is 4.57 Å². The molecule has 6 nitrogen and oxygen atoms in total. The molecule has 11 rings (SSSR count). The fraction of sp³-hybridized carbons (Fsp3) is 0. The Hall–Kier alpha value is -7.83. The average Bonchev–Trinajstić information content (AvgIpc) is 3.63. The number of benzene rings is 7. The van der Waals surface area contributed by atoms with Gasteiger partial charge in [0.15, 0.2) is 17.5 Å². The summed E-state index contributed by atoms with van der Waals surface area (Å²) in [4.78, 5) is 25.0. The normalized spacial score (nSPS) is 11.5. The highest BCUT2D eigenvalue weighted by Crippen LogP contribution is 2.36. The monoisotopic (exact) mass is 728 g/mol. The van der Waals surface area contributed by atoms with Crippen LogP contribution in [0.5, 0.6) is 0 Å². The molecule has 6 heteroatoms. The van der Waals surface area contributed by atoms with E-state index in [0.29, 0.717) is 17.5 Å². The molecule has 7 aromatic carbocycles. The SMILES string of the molecule is c1ccc(-c2nc(-c3cccc(-c4ccc5c6ccccc6n(-c6ccccc6)c5c4)c3)nc(-c3cccc(-c4ccc5ccc6cccnc6c5n4)c3)n2)cc1. The average molecular weight is 729 g/mol. The molecule has 266 valence electrons. The van der Waals surface area contributed by atoms with E-state index in [2.05, 4.69) is 149 Å². The van der Waals surface area contributed by atoms with E-state index in [0.717, 1.165) is 72.1 Å². The predicted octanol–water partition coefficient (Wildman–Crippen LogP) is 12.4. The van der Waals surface area contributed by atoms with Crippen molar-refractivity contribution in [2.75, 3.05) is 0 Å². The number of hydrogen-bond donors (Lipinski definition) is 0. The first-order chi connectivity index (χ1) is 28.2. The van der Waals surface area contributed by atoms with Crippen molar-refractivity contribution >= 4 is 43.6 Å². The Morgan fingerprint density at radius 3 is 1.70 bits per heavy atom. The minimum absolute atomic E-state index is 0.591. The van der Waals surface area contributed by atoms with Gasteiger partial charge in [-0.1, -0.05) is 140 Å². The van der Waals surface area contributed by atoms with Crippen molar-refractivity contribution in [2.24, 2.45) is 0 Å². The molecule has 0 spiro atoms. The van der Waals surface area contributed by atoms with E-state index in [1.54, 1.807) is 0 Å². The summed E-state index contributed by atoms with van der Waals surface area (Å²) >= 11 is 0. The summed E-state index contributed by atoms with van der Waals surface area (Å²) in [7, 11) is 0. The fourth-order valence-corrected chi connectivity index (χ4v) is 7.90. The van der Waals surface area contributed by atoms with Gasteiger partial charge in [0, 0.05) is 55.7 Å². The zero-order valence-corrected chi connectivity index (χ0v) is 30.7. The highest BCUT2D eigenvalue weighted by atomic mass is 15.0. The summed E-state index contributed by atoms with van der Waals surface area (Å²) in [5.41, 5.74) is 12.0. The number of pyridine rings is 2. The van der Waals surface area contributed by atoms with Crippen molar-refractivity contribution in [1.29, 1.82) is 0 Å². The Morgan fingerprint density at radius 2 is 0.912 bits per heavy atom. The van der Waals surface area contributed by atoms with E-state index in [1.165, 1.54) is 16.3 Å². The van der Waals surface area contributed by atoms with Crippen LogP contribution in [-0.2, 0) is 0 Å². The molecule has 11 aromatic rings. The van der Waals surface area contributed by atoms with Gasteiger partial charge in [0.2, 0.25) is 0 Å². The maximum atomic E-state index is 5.14. The second kappa shape index (κ2) is 13.5. The Kier molecular flexibility index (Phi) is 7.71. The van der Waals surface area contributed by atoms with Crippen molar-refractivity contribution in [3.63, 3.8) is 0 Å². The third-order valence-electron chi connectivity index (χ3n) is 10.7. The molecule has 4 aromatic heterocycles. The number of nitrogens with zero attached hydrogens (tertiary/aromatic N) is 6. The van der Waals surface area contributed by atoms with Crippen LogP contribution >= 0.6 is 0 Å². The van der Waals surface area contributed by atoms with Gasteiger partial charge in [-0.3, -0.25) is 4.98 Å². The second-order valence-electron chi connectivity index (χ2n) is 14.2. The third kappa shape index (κ3) is 5.79. The van der Waals surface area contributed by atoms with E-state index in [1.807, 2.05) is 54.7 Å². The molecule has 4 heterocycles. The molecule has 0 saturated heterocycles. The number of rotatable bonds is 6. The van der Waals surface area contributed by atoms with E-state index < -0.39 is 0 Å². The Bertz CT molecular complexity index is 3300. The number of fused-ring (bicyclic) bond motifs is 6. The van der Waals surface area contributed by atoms with E-state index in [-0.39, 0.29) is 0 Å². The van der Waals surface area contributed by atoms with Gasteiger partial charge in [-0.05, 0) is 59.7 Å². The van der Waals surface area contributed by atoms with E-state index in [9.17, 15) is 0 Å². The lowest BCUT2D eigenvalue weighted by Gasteiger charge is -2.11. The molecule has 0 aliphatic rings. The van der Waals surface area contributed by atoms with Crippen molar-refractivity contribution in [2.45, 2.75) is 0 Å². The van der Waals surface area contributed by atoms with Crippen LogP contribution in [0.25, 0.3) is 106 Å². The predicted molar refractivity (Wildman–Crippen MR) is 232 cm³/mol. The first kappa shape index (κ1) is 32.6. The first-order valence-corrected chi connectivity index (χ1v) is 19.0. The summed E-state index contributed by atoms with van der Waals surface area (Å²) in [6, 6.07) is 65.1. The number of aromatic nitrogens is 6. The minimum Gasteiger partial charge on any atom is -0.309 e. The number of para-hydroxylation sites is 2. The maximum absolute atomic E-state index is 5.14. The Morgan fingerprint density at radius 1 is 0.333 bits per heavy atom. The van der Waals surface area contributed by atoms with Gasteiger partial charge in [0.25, 0.3) is 0 Å². The molecule has 0 fully saturated rings. The van der Waals surface area contributed by atoms with Crippen LogP contribution in [0, 0.1) is 0 Å².